The molecule has 3 amide bonds. The second-order valence-corrected chi connectivity index (χ2v) is 13.1. The molecule has 0 aromatic heterocycles. The number of halogens is 1. The van der Waals surface area contributed by atoms with Crippen molar-refractivity contribution in [2.75, 3.05) is 26.2 Å². The van der Waals surface area contributed by atoms with Gasteiger partial charge in [-0.25, -0.2) is 8.42 Å². The second kappa shape index (κ2) is 12.0. The average Bonchev–Trinajstić information content (AvgIpc) is 3.26. The van der Waals surface area contributed by atoms with Gasteiger partial charge in [-0.2, -0.15) is 4.72 Å². The van der Waals surface area contributed by atoms with Crippen LogP contribution in [-0.4, -0.2) is 97.4 Å². The first-order valence-electron chi connectivity index (χ1n) is 13.5. The van der Waals surface area contributed by atoms with Crippen LogP contribution < -0.4 is 4.72 Å². The third kappa shape index (κ3) is 6.27. The summed E-state index contributed by atoms with van der Waals surface area (Å²) >= 11 is 6.02. The highest BCUT2D eigenvalue weighted by atomic mass is 35.5. The Balaban J connectivity index is 1.41. The first-order chi connectivity index (χ1) is 18.8. The molecule has 0 saturated carbocycles. The average molecular weight is 593 g/mol. The van der Waals surface area contributed by atoms with E-state index in [1.165, 1.54) is 17.0 Å². The van der Waals surface area contributed by atoms with Crippen molar-refractivity contribution in [3.63, 3.8) is 0 Å². The number of nitrogens with one attached hydrogen (secondary N) is 1. The molecule has 2 heterocycles. The summed E-state index contributed by atoms with van der Waals surface area (Å²) < 4.78 is 34.5. The standard InChI is InChI=1S/C28H37ClN4O6S/c1-17(2)33(18(3)4)28(36)25-16-31(12-13-39-25)26(34)19(5)32-11-10-24(27(32)35)30-40(37,38)23-9-7-20-14-22(29)8-6-21(20)15-23/h6-9,14-15,17-19,24-25,30H,10-13,16H2,1-5H3/t19-,24-,25?/m0/s1. The fraction of sp³-hybridized carbons (Fsp3) is 0.536. The van der Waals surface area contributed by atoms with Crippen LogP contribution in [0.1, 0.15) is 41.0 Å². The third-order valence-electron chi connectivity index (χ3n) is 7.47. The number of ether oxygens (including phenoxy) is 1. The van der Waals surface area contributed by atoms with Crippen LogP contribution in [0.4, 0.5) is 0 Å². The van der Waals surface area contributed by atoms with Crippen molar-refractivity contribution in [2.45, 2.75) is 76.2 Å². The van der Waals surface area contributed by atoms with E-state index >= 15 is 0 Å². The summed E-state index contributed by atoms with van der Waals surface area (Å²) in [6.07, 6.45) is -0.539. The van der Waals surface area contributed by atoms with Crippen LogP contribution in [0.25, 0.3) is 10.8 Å². The van der Waals surface area contributed by atoms with E-state index in [-0.39, 0.29) is 54.9 Å². The summed E-state index contributed by atoms with van der Waals surface area (Å²) in [7, 11) is -3.99. The van der Waals surface area contributed by atoms with E-state index in [2.05, 4.69) is 4.72 Å². The van der Waals surface area contributed by atoms with Gasteiger partial charge in [-0.15, -0.1) is 0 Å². The third-order valence-corrected chi connectivity index (χ3v) is 9.17. The monoisotopic (exact) mass is 592 g/mol. The smallest absolute Gasteiger partial charge is 0.254 e. The Kier molecular flexibility index (Phi) is 9.08. The largest absolute Gasteiger partial charge is 0.365 e. The van der Waals surface area contributed by atoms with E-state index in [9.17, 15) is 22.8 Å². The minimum absolute atomic E-state index is 0.0165. The number of benzene rings is 2. The zero-order valence-corrected chi connectivity index (χ0v) is 25.0. The summed E-state index contributed by atoms with van der Waals surface area (Å²) in [5, 5.41) is 2.06. The molecule has 1 N–H and O–H groups in total. The highest BCUT2D eigenvalue weighted by Crippen LogP contribution is 2.24. The van der Waals surface area contributed by atoms with Crippen molar-refractivity contribution in [1.29, 1.82) is 0 Å². The SMILES string of the molecule is CC(C)N(C(=O)C1CN(C(=O)[C@H](C)N2CC[C@H](NS(=O)(=O)c3ccc4cc(Cl)ccc4c3)C2=O)CCO1)C(C)C. The van der Waals surface area contributed by atoms with E-state index in [0.717, 1.165) is 5.39 Å². The molecule has 218 valence electrons. The van der Waals surface area contributed by atoms with Gasteiger partial charge in [0.05, 0.1) is 18.0 Å². The predicted octanol–water partition coefficient (Wildman–Crippen LogP) is 2.63. The van der Waals surface area contributed by atoms with Crippen LogP contribution in [-0.2, 0) is 29.1 Å². The molecule has 2 aromatic carbocycles. The zero-order valence-electron chi connectivity index (χ0n) is 23.5. The summed E-state index contributed by atoms with van der Waals surface area (Å²) in [6.45, 7) is 10.2. The zero-order chi connectivity index (χ0) is 29.4. The van der Waals surface area contributed by atoms with Gasteiger partial charge in [0.15, 0.2) is 6.10 Å². The number of likely N-dealkylation sites (tertiary alicyclic amines) is 1. The minimum atomic E-state index is -3.99. The topological polar surface area (TPSA) is 116 Å². The molecular weight excluding hydrogens is 556 g/mol. The molecule has 3 atom stereocenters. The van der Waals surface area contributed by atoms with E-state index in [1.54, 1.807) is 41.0 Å². The molecule has 0 spiro atoms. The molecule has 1 unspecified atom stereocenters. The van der Waals surface area contributed by atoms with Crippen molar-refractivity contribution < 1.29 is 27.5 Å². The van der Waals surface area contributed by atoms with Crippen LogP contribution in [0, 0.1) is 0 Å². The van der Waals surface area contributed by atoms with Crippen molar-refractivity contribution in [3.8, 4) is 0 Å². The number of fused-ring (bicyclic) bond motifs is 1. The number of morpholine rings is 1. The highest BCUT2D eigenvalue weighted by molar-refractivity contribution is 7.89. The number of hydrogen-bond acceptors (Lipinski definition) is 6. The fourth-order valence-electron chi connectivity index (χ4n) is 5.48. The van der Waals surface area contributed by atoms with E-state index in [4.69, 9.17) is 16.3 Å². The maximum absolute atomic E-state index is 13.4. The van der Waals surface area contributed by atoms with Crippen LogP contribution in [0.15, 0.2) is 41.3 Å². The summed E-state index contributed by atoms with van der Waals surface area (Å²) in [4.78, 5) is 44.5. The normalized spacial score (nSPS) is 20.9. The summed E-state index contributed by atoms with van der Waals surface area (Å²) in [5.74, 6) is -0.922. The first kappa shape index (κ1) is 30.2. The van der Waals surface area contributed by atoms with Gasteiger partial charge in [-0.05, 0) is 76.1 Å². The molecule has 10 nitrogen and oxygen atoms in total. The second-order valence-electron chi connectivity index (χ2n) is 10.9. The molecule has 2 aliphatic heterocycles. The van der Waals surface area contributed by atoms with Crippen LogP contribution in [0.5, 0.6) is 0 Å². The number of nitrogens with zero attached hydrogens (tertiary/aromatic N) is 3. The molecule has 0 bridgehead atoms. The number of amides is 3. The Hall–Kier alpha value is -2.73. The van der Waals surface area contributed by atoms with Gasteiger partial charge >= 0.3 is 0 Å². The molecule has 2 fully saturated rings. The molecule has 2 saturated heterocycles. The molecule has 0 radical (unpaired) electrons. The Morgan fingerprint density at radius 1 is 1.02 bits per heavy atom. The van der Waals surface area contributed by atoms with Crippen molar-refractivity contribution in [2.24, 2.45) is 0 Å². The maximum Gasteiger partial charge on any atom is 0.254 e. The predicted molar refractivity (Wildman–Crippen MR) is 152 cm³/mol. The number of carbonyl (C=O) groups excluding carboxylic acids is 3. The summed E-state index contributed by atoms with van der Waals surface area (Å²) in [6, 6.07) is 8.01. The quantitative estimate of drug-likeness (QED) is 0.504. The van der Waals surface area contributed by atoms with Crippen LogP contribution >= 0.6 is 11.6 Å². The van der Waals surface area contributed by atoms with E-state index in [0.29, 0.717) is 17.0 Å². The number of rotatable bonds is 8. The number of sulfonamides is 1. The molecular formula is C28H37ClN4O6S. The molecule has 4 rings (SSSR count). The van der Waals surface area contributed by atoms with Gasteiger partial charge in [0, 0.05) is 30.2 Å². The van der Waals surface area contributed by atoms with Crippen molar-refractivity contribution in [1.82, 2.24) is 19.4 Å². The van der Waals surface area contributed by atoms with E-state index in [1.807, 2.05) is 27.7 Å². The van der Waals surface area contributed by atoms with Gasteiger partial charge in [0.1, 0.15) is 12.1 Å². The lowest BCUT2D eigenvalue weighted by atomic mass is 10.1. The number of carbonyl (C=O) groups is 3. The van der Waals surface area contributed by atoms with Crippen LogP contribution in [0.3, 0.4) is 0 Å². The molecule has 12 heteroatoms. The van der Waals surface area contributed by atoms with E-state index < -0.39 is 34.1 Å². The van der Waals surface area contributed by atoms with Gasteiger partial charge < -0.3 is 19.4 Å². The highest BCUT2D eigenvalue weighted by Gasteiger charge is 2.42. The Bertz CT molecular complexity index is 1390. The van der Waals surface area contributed by atoms with Gasteiger partial charge in [0.2, 0.25) is 21.8 Å². The van der Waals surface area contributed by atoms with Gasteiger partial charge in [-0.1, -0.05) is 23.7 Å². The Morgan fingerprint density at radius 3 is 2.35 bits per heavy atom. The Morgan fingerprint density at radius 2 is 1.68 bits per heavy atom. The fourth-order valence-corrected chi connectivity index (χ4v) is 6.92. The van der Waals surface area contributed by atoms with Gasteiger partial charge in [0.25, 0.3) is 5.91 Å². The van der Waals surface area contributed by atoms with Gasteiger partial charge in [-0.3, -0.25) is 14.4 Å². The number of hydrogen-bond donors (Lipinski definition) is 1. The maximum atomic E-state index is 13.4. The van der Waals surface area contributed by atoms with Crippen molar-refractivity contribution in [3.05, 3.63) is 41.4 Å². The molecule has 40 heavy (non-hydrogen) atoms. The lowest BCUT2D eigenvalue weighted by Gasteiger charge is -2.39. The molecule has 0 aliphatic carbocycles. The Labute approximate surface area is 240 Å². The lowest BCUT2D eigenvalue weighted by Crippen LogP contribution is -2.58. The van der Waals surface area contributed by atoms with Crippen molar-refractivity contribution >= 4 is 50.1 Å². The minimum Gasteiger partial charge on any atom is -0.365 e. The molecule has 2 aromatic rings. The summed E-state index contributed by atoms with van der Waals surface area (Å²) in [5.41, 5.74) is 0. The molecule has 2 aliphatic rings. The lowest BCUT2D eigenvalue weighted by molar-refractivity contribution is -0.159. The first-order valence-corrected chi connectivity index (χ1v) is 15.4. The van der Waals surface area contributed by atoms with Crippen LogP contribution in [0.2, 0.25) is 5.02 Å².